The van der Waals surface area contributed by atoms with Crippen molar-refractivity contribution >= 4 is 5.91 Å². The fraction of sp³-hybridized carbons (Fsp3) is 0.500. The van der Waals surface area contributed by atoms with Gasteiger partial charge in [0.1, 0.15) is 5.76 Å². The third-order valence-corrected chi connectivity index (χ3v) is 5.14. The lowest BCUT2D eigenvalue weighted by Crippen LogP contribution is -2.39. The molecule has 1 saturated carbocycles. The van der Waals surface area contributed by atoms with Gasteiger partial charge in [-0.15, -0.1) is 0 Å². The Morgan fingerprint density at radius 1 is 1.23 bits per heavy atom. The first-order valence-electron chi connectivity index (χ1n) is 9.26. The van der Waals surface area contributed by atoms with Gasteiger partial charge in [-0.2, -0.15) is 0 Å². The zero-order valence-corrected chi connectivity index (χ0v) is 15.2. The molecule has 1 aromatic heterocycles. The number of rotatable bonds is 5. The van der Waals surface area contributed by atoms with Crippen LogP contribution < -0.4 is 9.47 Å². The van der Waals surface area contributed by atoms with E-state index >= 15 is 0 Å². The number of hydrogen-bond donors (Lipinski definition) is 0. The lowest BCUT2D eigenvalue weighted by molar-refractivity contribution is 0.0656. The van der Waals surface area contributed by atoms with Crippen LogP contribution in [-0.4, -0.2) is 28.6 Å². The predicted molar refractivity (Wildman–Crippen MR) is 95.3 cm³/mol. The Hall–Kier alpha value is -2.50. The molecule has 0 radical (unpaired) electrons. The molecule has 1 aromatic carbocycles. The fourth-order valence-electron chi connectivity index (χ4n) is 3.78. The number of carbonyl (C=O) groups is 1. The maximum atomic E-state index is 13.3. The minimum Gasteiger partial charge on any atom is -0.454 e. The maximum Gasteiger partial charge on any atom is 0.276 e. The van der Waals surface area contributed by atoms with Crippen molar-refractivity contribution in [3.05, 3.63) is 41.6 Å². The minimum absolute atomic E-state index is 0.0491. The summed E-state index contributed by atoms with van der Waals surface area (Å²) in [5.41, 5.74) is 1.47. The molecule has 1 aliphatic heterocycles. The summed E-state index contributed by atoms with van der Waals surface area (Å²) >= 11 is 0. The number of amides is 1. The Bertz CT molecular complexity index is 793. The van der Waals surface area contributed by atoms with Gasteiger partial charge in [0.05, 0.1) is 0 Å². The van der Waals surface area contributed by atoms with E-state index in [1.54, 1.807) is 0 Å². The third kappa shape index (κ3) is 3.16. The van der Waals surface area contributed by atoms with E-state index in [0.29, 0.717) is 18.0 Å². The molecule has 2 aromatic rings. The summed E-state index contributed by atoms with van der Waals surface area (Å²) in [6.45, 7) is 4.80. The van der Waals surface area contributed by atoms with E-state index in [4.69, 9.17) is 13.9 Å². The predicted octanol–water partition coefficient (Wildman–Crippen LogP) is 4.11. The molecule has 138 valence electrons. The highest BCUT2D eigenvalue weighted by Crippen LogP contribution is 2.34. The van der Waals surface area contributed by atoms with Crippen LogP contribution in [0.5, 0.6) is 11.5 Å². The number of aromatic nitrogens is 1. The molecule has 0 unspecified atom stereocenters. The van der Waals surface area contributed by atoms with E-state index in [1.807, 2.05) is 36.9 Å². The summed E-state index contributed by atoms with van der Waals surface area (Å²) in [6.07, 6.45) is 5.75. The largest absolute Gasteiger partial charge is 0.454 e. The molecular formula is C20H24N2O4. The fourth-order valence-corrected chi connectivity index (χ4v) is 3.78. The van der Waals surface area contributed by atoms with Gasteiger partial charge in [0.15, 0.2) is 23.6 Å². The first-order valence-corrected chi connectivity index (χ1v) is 9.26. The van der Waals surface area contributed by atoms with Crippen LogP contribution in [0.25, 0.3) is 0 Å². The van der Waals surface area contributed by atoms with Crippen molar-refractivity contribution in [3.8, 4) is 11.5 Å². The van der Waals surface area contributed by atoms with Crippen LogP contribution in [0.4, 0.5) is 0 Å². The summed E-state index contributed by atoms with van der Waals surface area (Å²) in [7, 11) is 0. The molecule has 0 saturated heterocycles. The smallest absolute Gasteiger partial charge is 0.276 e. The zero-order valence-electron chi connectivity index (χ0n) is 15.2. The number of fused-ring (bicyclic) bond motifs is 1. The Morgan fingerprint density at radius 2 is 2.00 bits per heavy atom. The minimum atomic E-state index is -0.0491. The third-order valence-electron chi connectivity index (χ3n) is 5.14. The van der Waals surface area contributed by atoms with Crippen molar-refractivity contribution in [2.75, 3.05) is 6.79 Å². The van der Waals surface area contributed by atoms with Crippen LogP contribution in [0, 0.1) is 0 Å². The van der Waals surface area contributed by atoms with Gasteiger partial charge in [0.2, 0.25) is 6.79 Å². The summed E-state index contributed by atoms with van der Waals surface area (Å²) in [5.74, 6) is 2.22. The molecule has 0 spiro atoms. The molecular weight excluding hydrogens is 332 g/mol. The summed E-state index contributed by atoms with van der Waals surface area (Å²) < 4.78 is 16.3. The van der Waals surface area contributed by atoms with E-state index in [2.05, 4.69) is 4.98 Å². The number of hydrogen-bond acceptors (Lipinski definition) is 5. The quantitative estimate of drug-likeness (QED) is 0.806. The van der Waals surface area contributed by atoms with Crippen LogP contribution in [0.15, 0.2) is 29.0 Å². The number of carbonyl (C=O) groups excluding carboxylic acids is 1. The van der Waals surface area contributed by atoms with Gasteiger partial charge in [0, 0.05) is 18.5 Å². The Morgan fingerprint density at radius 3 is 2.77 bits per heavy atom. The number of nitrogens with zero attached hydrogens (tertiary/aromatic N) is 2. The summed E-state index contributed by atoms with van der Waals surface area (Å²) in [6, 6.07) is 6.10. The van der Waals surface area contributed by atoms with Gasteiger partial charge < -0.3 is 18.8 Å². The number of ether oxygens (including phenoxy) is 2. The standard InChI is InChI=1S/C20H24N2O4/c1-13(2)19-18(21-11-24-19)20(23)22(15-5-3-4-6-15)10-14-7-8-16-17(9-14)26-12-25-16/h7-9,11,13,15H,3-6,10,12H2,1-2H3. The average molecular weight is 356 g/mol. The Balaban J connectivity index is 1.62. The second-order valence-electron chi connectivity index (χ2n) is 7.28. The van der Waals surface area contributed by atoms with Crippen molar-refractivity contribution < 1.29 is 18.7 Å². The van der Waals surface area contributed by atoms with Crippen LogP contribution in [0.2, 0.25) is 0 Å². The van der Waals surface area contributed by atoms with Crippen molar-refractivity contribution in [2.24, 2.45) is 0 Å². The molecule has 2 heterocycles. The van der Waals surface area contributed by atoms with E-state index < -0.39 is 0 Å². The zero-order chi connectivity index (χ0) is 18.1. The molecule has 1 amide bonds. The van der Waals surface area contributed by atoms with Crippen molar-refractivity contribution in [1.82, 2.24) is 9.88 Å². The summed E-state index contributed by atoms with van der Waals surface area (Å²) in [5, 5.41) is 0. The molecule has 6 nitrogen and oxygen atoms in total. The Labute approximate surface area is 153 Å². The second kappa shape index (κ2) is 7.02. The van der Waals surface area contributed by atoms with Gasteiger partial charge >= 0.3 is 0 Å². The normalized spacial score (nSPS) is 16.4. The molecule has 6 heteroatoms. The molecule has 2 aliphatic rings. The monoisotopic (exact) mass is 356 g/mol. The van der Waals surface area contributed by atoms with Crippen LogP contribution in [-0.2, 0) is 6.54 Å². The molecule has 26 heavy (non-hydrogen) atoms. The number of benzene rings is 1. The first-order chi connectivity index (χ1) is 12.6. The molecule has 4 rings (SSSR count). The van der Waals surface area contributed by atoms with Gasteiger partial charge in [-0.3, -0.25) is 4.79 Å². The lowest BCUT2D eigenvalue weighted by Gasteiger charge is -2.29. The number of oxazole rings is 1. The van der Waals surface area contributed by atoms with Crippen LogP contribution in [0.1, 0.15) is 67.3 Å². The lowest BCUT2D eigenvalue weighted by atomic mass is 10.1. The van der Waals surface area contributed by atoms with Crippen molar-refractivity contribution in [2.45, 2.75) is 58.0 Å². The second-order valence-corrected chi connectivity index (χ2v) is 7.28. The van der Waals surface area contributed by atoms with Gasteiger partial charge in [-0.05, 0) is 30.5 Å². The van der Waals surface area contributed by atoms with Gasteiger partial charge in [-0.1, -0.05) is 32.8 Å². The van der Waals surface area contributed by atoms with Crippen molar-refractivity contribution in [3.63, 3.8) is 0 Å². The van der Waals surface area contributed by atoms with E-state index in [-0.39, 0.29) is 24.7 Å². The highest BCUT2D eigenvalue weighted by Gasteiger charge is 2.31. The molecule has 1 fully saturated rings. The van der Waals surface area contributed by atoms with Crippen LogP contribution >= 0.6 is 0 Å². The maximum absolute atomic E-state index is 13.3. The topological polar surface area (TPSA) is 64.8 Å². The van der Waals surface area contributed by atoms with Gasteiger partial charge in [-0.25, -0.2) is 4.98 Å². The van der Waals surface area contributed by atoms with Gasteiger partial charge in [0.25, 0.3) is 5.91 Å². The molecule has 1 aliphatic carbocycles. The van der Waals surface area contributed by atoms with Crippen molar-refractivity contribution in [1.29, 1.82) is 0 Å². The van der Waals surface area contributed by atoms with E-state index in [1.165, 1.54) is 6.39 Å². The Kier molecular flexibility index (Phi) is 4.57. The first kappa shape index (κ1) is 16.9. The highest BCUT2D eigenvalue weighted by atomic mass is 16.7. The SMILES string of the molecule is CC(C)c1ocnc1C(=O)N(Cc1ccc2c(c1)OCO2)C1CCCC1. The van der Waals surface area contributed by atoms with E-state index in [0.717, 1.165) is 42.7 Å². The molecule has 0 bridgehead atoms. The summed E-state index contributed by atoms with van der Waals surface area (Å²) in [4.78, 5) is 19.5. The van der Waals surface area contributed by atoms with Crippen LogP contribution in [0.3, 0.4) is 0 Å². The molecule has 0 atom stereocenters. The molecule has 0 N–H and O–H groups in total. The highest BCUT2D eigenvalue weighted by molar-refractivity contribution is 5.93. The average Bonchev–Trinajstić information content (AvgIpc) is 3.39. The van der Waals surface area contributed by atoms with E-state index in [9.17, 15) is 4.79 Å².